The van der Waals surface area contributed by atoms with E-state index in [4.69, 9.17) is 16.8 Å². The van der Waals surface area contributed by atoms with Gasteiger partial charge >= 0.3 is 0 Å². The third-order valence-corrected chi connectivity index (χ3v) is 1.17. The molecule has 2 N–H and O–H groups in total. The van der Waals surface area contributed by atoms with Gasteiger partial charge < -0.3 is 0 Å². The SMILES string of the molecule is ONC=Nc1cccc(Cl)n1. The Bertz CT molecular complexity index is 264. The minimum absolute atomic E-state index is 0.373. The number of halogens is 1. The van der Waals surface area contributed by atoms with Gasteiger partial charge in [0.1, 0.15) is 11.5 Å². The molecule has 1 heterocycles. The standard InChI is InChI=1S/C6H6ClN3O/c7-5-2-1-3-6(10-5)8-4-9-11/h1-4,11H,(H,8,9,10). The molecule has 0 amide bonds. The first-order valence-electron chi connectivity index (χ1n) is 2.87. The van der Waals surface area contributed by atoms with Crippen molar-refractivity contribution in [3.8, 4) is 0 Å². The van der Waals surface area contributed by atoms with Gasteiger partial charge in [-0.05, 0) is 12.1 Å². The van der Waals surface area contributed by atoms with E-state index in [9.17, 15) is 0 Å². The summed E-state index contributed by atoms with van der Waals surface area (Å²) < 4.78 is 0. The van der Waals surface area contributed by atoms with E-state index in [1.807, 2.05) is 0 Å². The van der Waals surface area contributed by atoms with E-state index in [1.54, 1.807) is 23.7 Å². The van der Waals surface area contributed by atoms with E-state index < -0.39 is 0 Å². The molecular weight excluding hydrogens is 166 g/mol. The van der Waals surface area contributed by atoms with Crippen LogP contribution in [0, 0.1) is 0 Å². The zero-order valence-corrected chi connectivity index (χ0v) is 6.28. The highest BCUT2D eigenvalue weighted by atomic mass is 35.5. The van der Waals surface area contributed by atoms with Crippen LogP contribution in [0.25, 0.3) is 0 Å². The number of nitrogens with one attached hydrogen (secondary N) is 1. The smallest absolute Gasteiger partial charge is 0.155 e. The Balaban J connectivity index is 2.79. The van der Waals surface area contributed by atoms with Crippen LogP contribution in [0.5, 0.6) is 0 Å². The van der Waals surface area contributed by atoms with Crippen LogP contribution < -0.4 is 5.48 Å². The second kappa shape index (κ2) is 3.90. The lowest BCUT2D eigenvalue weighted by molar-refractivity contribution is 0.240. The van der Waals surface area contributed by atoms with Crippen molar-refractivity contribution in [1.29, 1.82) is 0 Å². The molecule has 5 heteroatoms. The van der Waals surface area contributed by atoms with Crippen molar-refractivity contribution < 1.29 is 5.21 Å². The third kappa shape index (κ3) is 2.53. The number of hydrogen-bond acceptors (Lipinski definition) is 3. The normalized spacial score (nSPS) is 10.4. The van der Waals surface area contributed by atoms with Crippen LogP contribution in [0.2, 0.25) is 5.15 Å². The van der Waals surface area contributed by atoms with Crippen LogP contribution in [0.1, 0.15) is 0 Å². The molecule has 0 saturated heterocycles. The first kappa shape index (κ1) is 7.97. The van der Waals surface area contributed by atoms with E-state index >= 15 is 0 Å². The molecule has 0 bridgehead atoms. The molecule has 0 unspecified atom stereocenters. The van der Waals surface area contributed by atoms with Crippen molar-refractivity contribution in [1.82, 2.24) is 10.5 Å². The van der Waals surface area contributed by atoms with E-state index in [2.05, 4.69) is 9.98 Å². The molecule has 0 fully saturated rings. The molecule has 0 aromatic carbocycles. The molecule has 11 heavy (non-hydrogen) atoms. The zero-order valence-electron chi connectivity index (χ0n) is 5.53. The van der Waals surface area contributed by atoms with Gasteiger partial charge in [-0.2, -0.15) is 0 Å². The Morgan fingerprint density at radius 1 is 1.64 bits per heavy atom. The number of aromatic nitrogens is 1. The highest BCUT2D eigenvalue weighted by molar-refractivity contribution is 6.29. The summed E-state index contributed by atoms with van der Waals surface area (Å²) in [5.41, 5.74) is 1.76. The Morgan fingerprint density at radius 2 is 2.45 bits per heavy atom. The van der Waals surface area contributed by atoms with Crippen molar-refractivity contribution in [3.05, 3.63) is 23.4 Å². The average Bonchev–Trinajstić information content (AvgIpc) is 2.01. The van der Waals surface area contributed by atoms with E-state index in [0.717, 1.165) is 6.34 Å². The maximum absolute atomic E-state index is 8.14. The molecule has 0 aliphatic heterocycles. The lowest BCUT2D eigenvalue weighted by Crippen LogP contribution is -2.01. The largest absolute Gasteiger partial charge is 0.290 e. The number of pyridine rings is 1. The first-order chi connectivity index (χ1) is 5.33. The summed E-state index contributed by atoms with van der Waals surface area (Å²) in [5, 5.41) is 8.51. The van der Waals surface area contributed by atoms with Crippen LogP contribution in [0.4, 0.5) is 5.82 Å². The molecule has 4 nitrogen and oxygen atoms in total. The van der Waals surface area contributed by atoms with Crippen LogP contribution in [0.3, 0.4) is 0 Å². The van der Waals surface area contributed by atoms with Gasteiger partial charge in [0.15, 0.2) is 5.82 Å². The van der Waals surface area contributed by atoms with Crippen molar-refractivity contribution in [2.24, 2.45) is 4.99 Å². The highest BCUT2D eigenvalue weighted by Gasteiger charge is 1.89. The summed E-state index contributed by atoms with van der Waals surface area (Å²) in [5.74, 6) is 0.444. The van der Waals surface area contributed by atoms with Gasteiger partial charge in [-0.15, -0.1) is 0 Å². The number of aliphatic imine (C=N–C) groups is 1. The van der Waals surface area contributed by atoms with Gasteiger partial charge in [0.05, 0.1) is 0 Å². The summed E-state index contributed by atoms with van der Waals surface area (Å²) >= 11 is 5.56. The minimum Gasteiger partial charge on any atom is -0.290 e. The fourth-order valence-corrected chi connectivity index (χ4v) is 0.724. The Labute approximate surface area is 68.5 Å². The van der Waals surface area contributed by atoms with Gasteiger partial charge in [-0.1, -0.05) is 17.7 Å². The first-order valence-corrected chi connectivity index (χ1v) is 3.25. The lowest BCUT2D eigenvalue weighted by atomic mass is 10.5. The molecule has 0 aliphatic carbocycles. The highest BCUT2D eigenvalue weighted by Crippen LogP contribution is 2.10. The van der Waals surface area contributed by atoms with Gasteiger partial charge in [-0.25, -0.2) is 9.98 Å². The fourth-order valence-electron chi connectivity index (χ4n) is 0.564. The molecule has 58 valence electrons. The van der Waals surface area contributed by atoms with Crippen molar-refractivity contribution in [2.75, 3.05) is 0 Å². The van der Waals surface area contributed by atoms with Crippen LogP contribution >= 0.6 is 11.6 Å². The number of nitrogens with zero attached hydrogens (tertiary/aromatic N) is 2. The average molecular weight is 172 g/mol. The molecule has 1 aromatic rings. The van der Waals surface area contributed by atoms with Crippen molar-refractivity contribution >= 4 is 23.8 Å². The van der Waals surface area contributed by atoms with Crippen LogP contribution in [-0.4, -0.2) is 16.5 Å². The monoisotopic (exact) mass is 171 g/mol. The summed E-state index contributed by atoms with van der Waals surface area (Å²) in [4.78, 5) is 7.53. The van der Waals surface area contributed by atoms with Crippen LogP contribution in [0.15, 0.2) is 23.2 Å². The molecule has 0 radical (unpaired) electrons. The summed E-state index contributed by atoms with van der Waals surface area (Å²) in [6, 6.07) is 5.03. The second-order valence-corrected chi connectivity index (χ2v) is 2.09. The number of hydrogen-bond donors (Lipinski definition) is 2. The number of rotatable bonds is 2. The minimum atomic E-state index is 0.373. The topological polar surface area (TPSA) is 57.5 Å². The molecule has 0 saturated carbocycles. The summed E-state index contributed by atoms with van der Waals surface area (Å²) in [6.45, 7) is 0. The van der Waals surface area contributed by atoms with Crippen molar-refractivity contribution in [3.63, 3.8) is 0 Å². The molecule has 0 spiro atoms. The van der Waals surface area contributed by atoms with E-state index in [-0.39, 0.29) is 0 Å². The van der Waals surface area contributed by atoms with Crippen molar-refractivity contribution in [2.45, 2.75) is 0 Å². The predicted octanol–water partition coefficient (Wildman–Crippen LogP) is 1.37. The maximum Gasteiger partial charge on any atom is 0.155 e. The molecular formula is C6H6ClN3O. The quantitative estimate of drug-likeness (QED) is 0.306. The summed E-state index contributed by atoms with van der Waals surface area (Å²) in [7, 11) is 0. The second-order valence-electron chi connectivity index (χ2n) is 1.71. The van der Waals surface area contributed by atoms with Gasteiger partial charge in [0, 0.05) is 0 Å². The third-order valence-electron chi connectivity index (χ3n) is 0.955. The van der Waals surface area contributed by atoms with Gasteiger partial charge in [0.25, 0.3) is 0 Å². The van der Waals surface area contributed by atoms with Gasteiger partial charge in [0.2, 0.25) is 0 Å². The Kier molecular flexibility index (Phi) is 2.83. The van der Waals surface area contributed by atoms with Crippen LogP contribution in [-0.2, 0) is 0 Å². The Hall–Kier alpha value is -1.13. The molecule has 1 rings (SSSR count). The lowest BCUT2D eigenvalue weighted by Gasteiger charge is -1.91. The Morgan fingerprint density at radius 3 is 3.09 bits per heavy atom. The van der Waals surface area contributed by atoms with E-state index in [0.29, 0.717) is 11.0 Å². The predicted molar refractivity (Wildman–Crippen MR) is 42.3 cm³/mol. The molecule has 0 aliphatic rings. The molecule has 1 aromatic heterocycles. The summed E-state index contributed by atoms with van der Waals surface area (Å²) in [6.07, 6.45) is 1.11. The fraction of sp³-hybridized carbons (Fsp3) is 0. The van der Waals surface area contributed by atoms with Gasteiger partial charge in [-0.3, -0.25) is 10.7 Å². The molecule has 0 atom stereocenters. The number of hydroxylamine groups is 1. The van der Waals surface area contributed by atoms with E-state index in [1.165, 1.54) is 0 Å². The maximum atomic E-state index is 8.14. The zero-order chi connectivity index (χ0) is 8.10.